The average molecular weight is 633 g/mol. The molecule has 0 saturated carbocycles. The molecular weight excluding hydrogens is 605 g/mol. The Morgan fingerprint density at radius 2 is 1.29 bits per heavy atom. The van der Waals surface area contributed by atoms with Crippen LogP contribution in [-0.2, 0) is 24.8 Å². The van der Waals surface area contributed by atoms with Crippen LogP contribution < -0.4 is 14.3 Å². The zero-order valence-corrected chi connectivity index (χ0v) is 25.5. The number of rotatable bonds is 9. The van der Waals surface area contributed by atoms with Gasteiger partial charge < -0.3 is 5.32 Å². The number of carbonyl (C=O) groups excluding carboxylic acids is 1. The first-order valence-electron chi connectivity index (χ1n) is 12.3. The Kier molecular flexibility index (Phi) is 8.98. The van der Waals surface area contributed by atoms with E-state index in [4.69, 9.17) is 23.2 Å². The van der Waals surface area contributed by atoms with Crippen molar-refractivity contribution in [2.24, 2.45) is 0 Å². The minimum Gasteiger partial charge on any atom is -0.325 e. The Morgan fingerprint density at radius 1 is 0.732 bits per heavy atom. The van der Waals surface area contributed by atoms with Gasteiger partial charge in [0, 0.05) is 15.7 Å². The van der Waals surface area contributed by atoms with Gasteiger partial charge >= 0.3 is 0 Å². The van der Waals surface area contributed by atoms with E-state index < -0.39 is 32.5 Å². The first kappa shape index (κ1) is 30.4. The zero-order valence-electron chi connectivity index (χ0n) is 22.4. The highest BCUT2D eigenvalue weighted by atomic mass is 35.5. The van der Waals surface area contributed by atoms with Crippen LogP contribution in [0.5, 0.6) is 0 Å². The minimum atomic E-state index is -4.19. The number of anilines is 3. The van der Waals surface area contributed by atoms with Crippen LogP contribution >= 0.6 is 23.2 Å². The highest BCUT2D eigenvalue weighted by molar-refractivity contribution is 7.93. The Morgan fingerprint density at radius 3 is 1.88 bits per heavy atom. The topological polar surface area (TPSA) is 113 Å². The van der Waals surface area contributed by atoms with Gasteiger partial charge in [-0.25, -0.2) is 16.8 Å². The van der Waals surface area contributed by atoms with Gasteiger partial charge in [-0.05, 0) is 87.0 Å². The van der Waals surface area contributed by atoms with Gasteiger partial charge in [-0.2, -0.15) is 0 Å². The molecule has 4 aromatic rings. The molecule has 2 N–H and O–H groups in total. The molecule has 0 heterocycles. The van der Waals surface area contributed by atoms with Crippen molar-refractivity contribution < 1.29 is 21.6 Å². The highest BCUT2D eigenvalue weighted by Gasteiger charge is 2.28. The molecule has 0 aliphatic rings. The molecule has 0 aromatic heterocycles. The van der Waals surface area contributed by atoms with Crippen LogP contribution in [0.4, 0.5) is 17.1 Å². The van der Waals surface area contributed by atoms with E-state index in [2.05, 4.69) is 10.0 Å². The molecule has 0 fully saturated rings. The fourth-order valence-corrected chi connectivity index (χ4v) is 7.07. The normalized spacial score (nSPS) is 11.6. The summed E-state index contributed by atoms with van der Waals surface area (Å²) >= 11 is 12.3. The first-order chi connectivity index (χ1) is 19.2. The molecule has 4 aromatic carbocycles. The first-order valence-corrected chi connectivity index (χ1v) is 16.0. The number of hydrogen-bond donors (Lipinski definition) is 2. The Bertz CT molecular complexity index is 1790. The summed E-state index contributed by atoms with van der Waals surface area (Å²) in [5, 5.41) is 3.02. The van der Waals surface area contributed by atoms with Crippen LogP contribution in [0, 0.1) is 20.8 Å². The SMILES string of the molecule is Cc1ccc(S(=O)(=O)N(CC(=O)Nc2ccc(S(=O)(=O)Nc3ccc(C)cc3C)cc2)c2cc(Cl)cc(Cl)c2)cc1. The molecule has 214 valence electrons. The molecule has 0 bridgehead atoms. The maximum atomic E-state index is 13.6. The van der Waals surface area contributed by atoms with Gasteiger partial charge in [-0.15, -0.1) is 0 Å². The van der Waals surface area contributed by atoms with E-state index in [1.54, 1.807) is 18.2 Å². The number of hydrogen-bond acceptors (Lipinski definition) is 5. The number of carbonyl (C=O) groups is 1. The second kappa shape index (κ2) is 12.1. The van der Waals surface area contributed by atoms with Crippen LogP contribution in [0.1, 0.15) is 16.7 Å². The second-order valence-electron chi connectivity index (χ2n) is 9.45. The average Bonchev–Trinajstić information content (AvgIpc) is 2.89. The maximum Gasteiger partial charge on any atom is 0.264 e. The van der Waals surface area contributed by atoms with Crippen LogP contribution in [0.15, 0.2) is 94.7 Å². The van der Waals surface area contributed by atoms with Gasteiger partial charge in [0.05, 0.1) is 21.2 Å². The van der Waals surface area contributed by atoms with Gasteiger partial charge in [-0.1, -0.05) is 58.6 Å². The van der Waals surface area contributed by atoms with Crippen molar-refractivity contribution in [3.63, 3.8) is 0 Å². The molecule has 0 saturated heterocycles. The van der Waals surface area contributed by atoms with Crippen LogP contribution in [0.25, 0.3) is 0 Å². The summed E-state index contributed by atoms with van der Waals surface area (Å²) in [6, 6.07) is 21.4. The molecule has 12 heteroatoms. The summed E-state index contributed by atoms with van der Waals surface area (Å²) < 4.78 is 56.5. The lowest BCUT2D eigenvalue weighted by Crippen LogP contribution is -2.38. The molecule has 0 spiro atoms. The summed E-state index contributed by atoms with van der Waals surface area (Å²) in [4.78, 5) is 13.0. The highest BCUT2D eigenvalue weighted by Crippen LogP contribution is 2.30. The smallest absolute Gasteiger partial charge is 0.264 e. The van der Waals surface area contributed by atoms with E-state index >= 15 is 0 Å². The van der Waals surface area contributed by atoms with E-state index in [-0.39, 0.29) is 31.2 Å². The van der Waals surface area contributed by atoms with E-state index in [9.17, 15) is 21.6 Å². The number of aryl methyl sites for hydroxylation is 3. The van der Waals surface area contributed by atoms with Gasteiger partial charge in [0.2, 0.25) is 5.91 Å². The van der Waals surface area contributed by atoms with Crippen LogP contribution in [0.2, 0.25) is 10.0 Å². The van der Waals surface area contributed by atoms with Crippen molar-refractivity contribution in [2.45, 2.75) is 30.6 Å². The van der Waals surface area contributed by atoms with Crippen LogP contribution in [-0.4, -0.2) is 29.3 Å². The molecule has 0 atom stereocenters. The second-order valence-corrected chi connectivity index (χ2v) is 13.9. The van der Waals surface area contributed by atoms with Crippen molar-refractivity contribution >= 4 is 66.2 Å². The molecule has 0 radical (unpaired) electrons. The zero-order chi connectivity index (χ0) is 29.9. The van der Waals surface area contributed by atoms with Crippen molar-refractivity contribution in [1.29, 1.82) is 0 Å². The van der Waals surface area contributed by atoms with Crippen molar-refractivity contribution in [3.05, 3.63) is 112 Å². The number of amides is 1. The van der Waals surface area contributed by atoms with Gasteiger partial charge in [0.1, 0.15) is 6.54 Å². The molecular formula is C29H27Cl2N3O5S2. The molecule has 0 aliphatic heterocycles. The Labute approximate surface area is 250 Å². The maximum absolute atomic E-state index is 13.6. The van der Waals surface area contributed by atoms with E-state index in [0.717, 1.165) is 21.0 Å². The van der Waals surface area contributed by atoms with Crippen molar-refractivity contribution in [1.82, 2.24) is 0 Å². The Hall–Kier alpha value is -3.57. The third kappa shape index (κ3) is 7.39. The van der Waals surface area contributed by atoms with Gasteiger partial charge in [-0.3, -0.25) is 13.8 Å². The van der Waals surface area contributed by atoms with Gasteiger partial charge in [0.15, 0.2) is 0 Å². The van der Waals surface area contributed by atoms with E-state index in [1.807, 2.05) is 32.9 Å². The van der Waals surface area contributed by atoms with Crippen molar-refractivity contribution in [3.8, 4) is 0 Å². The van der Waals surface area contributed by atoms with Crippen molar-refractivity contribution in [2.75, 3.05) is 20.9 Å². The quantitative estimate of drug-likeness (QED) is 0.217. The molecule has 41 heavy (non-hydrogen) atoms. The monoisotopic (exact) mass is 631 g/mol. The third-order valence-electron chi connectivity index (χ3n) is 6.11. The number of nitrogens with zero attached hydrogens (tertiary/aromatic N) is 1. The number of benzene rings is 4. The number of sulfonamides is 2. The summed E-state index contributed by atoms with van der Waals surface area (Å²) in [6.07, 6.45) is 0. The minimum absolute atomic E-state index is 0.00683. The molecule has 1 amide bonds. The molecule has 0 aliphatic carbocycles. The summed E-state index contributed by atoms with van der Waals surface area (Å²) in [7, 11) is -8.07. The van der Waals surface area contributed by atoms with E-state index in [1.165, 1.54) is 54.6 Å². The summed E-state index contributed by atoms with van der Waals surface area (Å²) in [5.74, 6) is -0.666. The summed E-state index contributed by atoms with van der Waals surface area (Å²) in [6.45, 7) is 4.96. The lowest BCUT2D eigenvalue weighted by Gasteiger charge is -2.24. The van der Waals surface area contributed by atoms with E-state index in [0.29, 0.717) is 5.69 Å². The molecule has 4 rings (SSSR count). The number of halogens is 2. The standard InChI is InChI=1S/C29H27Cl2N3O5S2/c1-19-4-9-27(10-5-19)41(38,39)34(25-16-22(30)15-23(31)17-25)18-29(35)32-24-7-11-26(12-8-24)40(36,37)33-28-13-6-20(2)14-21(28)3/h4-17,33H,18H2,1-3H3,(H,32,35). The predicted octanol–water partition coefficient (Wildman–Crippen LogP) is 6.55. The lowest BCUT2D eigenvalue weighted by atomic mass is 10.1. The third-order valence-corrected chi connectivity index (χ3v) is 9.71. The Balaban J connectivity index is 1.55. The van der Waals surface area contributed by atoms with Crippen LogP contribution in [0.3, 0.4) is 0 Å². The largest absolute Gasteiger partial charge is 0.325 e. The fraction of sp³-hybridized carbons (Fsp3) is 0.138. The molecule has 0 unspecified atom stereocenters. The van der Waals surface area contributed by atoms with Gasteiger partial charge in [0.25, 0.3) is 20.0 Å². The fourth-order valence-electron chi connectivity index (χ4n) is 4.02. The lowest BCUT2D eigenvalue weighted by molar-refractivity contribution is -0.114. The number of nitrogens with one attached hydrogen (secondary N) is 2. The summed E-state index contributed by atoms with van der Waals surface area (Å²) in [5.41, 5.74) is 3.50. The molecule has 8 nitrogen and oxygen atoms in total. The predicted molar refractivity (Wildman–Crippen MR) is 164 cm³/mol.